The van der Waals surface area contributed by atoms with Crippen molar-refractivity contribution in [1.29, 1.82) is 0 Å². The second-order valence-corrected chi connectivity index (χ2v) is 8.28. The molecule has 1 heterocycles. The van der Waals surface area contributed by atoms with Crippen molar-refractivity contribution >= 4 is 54.2 Å². The smallest absolute Gasteiger partial charge is 0.257 e. The SMILES string of the molecule is COc1cc(C(=O)Nc2ncc(Cc3ccc(Br)cc3)s2)cc(Br)c1O. The third kappa shape index (κ3) is 4.44. The Bertz CT molecular complexity index is 942. The number of phenolic OH excluding ortho intramolecular Hbond substituents is 1. The number of aromatic nitrogens is 1. The van der Waals surface area contributed by atoms with Crippen LogP contribution in [0.3, 0.4) is 0 Å². The van der Waals surface area contributed by atoms with Crippen molar-refractivity contribution in [2.45, 2.75) is 6.42 Å². The predicted molar refractivity (Wildman–Crippen MR) is 109 cm³/mol. The van der Waals surface area contributed by atoms with Crippen LogP contribution in [0.25, 0.3) is 0 Å². The van der Waals surface area contributed by atoms with Gasteiger partial charge in [0.15, 0.2) is 16.6 Å². The number of nitrogens with zero attached hydrogens (tertiary/aromatic N) is 1. The van der Waals surface area contributed by atoms with Crippen LogP contribution in [-0.2, 0) is 6.42 Å². The quantitative estimate of drug-likeness (QED) is 0.506. The van der Waals surface area contributed by atoms with Crippen LogP contribution in [0.5, 0.6) is 11.5 Å². The van der Waals surface area contributed by atoms with E-state index < -0.39 is 0 Å². The molecule has 26 heavy (non-hydrogen) atoms. The van der Waals surface area contributed by atoms with E-state index in [9.17, 15) is 9.90 Å². The number of carbonyl (C=O) groups is 1. The number of hydrogen-bond acceptors (Lipinski definition) is 5. The minimum atomic E-state index is -0.325. The lowest BCUT2D eigenvalue weighted by Gasteiger charge is -2.08. The Kier molecular flexibility index (Phi) is 5.95. The van der Waals surface area contributed by atoms with Gasteiger partial charge in [-0.1, -0.05) is 28.1 Å². The molecule has 0 bridgehead atoms. The van der Waals surface area contributed by atoms with Gasteiger partial charge in [-0.25, -0.2) is 4.98 Å². The summed E-state index contributed by atoms with van der Waals surface area (Å²) in [5.74, 6) is -0.150. The fourth-order valence-corrected chi connectivity index (χ4v) is 3.83. The largest absolute Gasteiger partial charge is 0.503 e. The van der Waals surface area contributed by atoms with E-state index in [2.05, 4.69) is 42.2 Å². The standard InChI is InChI=1S/C18H14Br2N2O3S/c1-25-15-8-11(7-14(20)16(15)23)17(24)22-18-21-9-13(26-18)6-10-2-4-12(19)5-3-10/h2-5,7-9,23H,6H2,1H3,(H,21,22,24). The van der Waals surface area contributed by atoms with E-state index in [0.717, 1.165) is 15.8 Å². The number of carbonyl (C=O) groups excluding carboxylic acids is 1. The summed E-state index contributed by atoms with van der Waals surface area (Å²) in [7, 11) is 1.43. The first-order chi connectivity index (χ1) is 12.5. The molecule has 0 atom stereocenters. The van der Waals surface area contributed by atoms with E-state index in [1.54, 1.807) is 6.20 Å². The summed E-state index contributed by atoms with van der Waals surface area (Å²) in [6.07, 6.45) is 2.51. The summed E-state index contributed by atoms with van der Waals surface area (Å²) < 4.78 is 6.49. The van der Waals surface area contributed by atoms with Crippen LogP contribution in [-0.4, -0.2) is 23.1 Å². The maximum absolute atomic E-state index is 12.4. The zero-order chi connectivity index (χ0) is 18.7. The fourth-order valence-electron chi connectivity index (χ4n) is 2.28. The number of anilines is 1. The predicted octanol–water partition coefficient (Wildman–Crippen LogP) is 5.23. The van der Waals surface area contributed by atoms with Crippen molar-refractivity contribution in [3.63, 3.8) is 0 Å². The number of ether oxygens (including phenoxy) is 1. The molecular weight excluding hydrogens is 484 g/mol. The second kappa shape index (κ2) is 8.20. The molecule has 0 fully saturated rings. The summed E-state index contributed by atoms with van der Waals surface area (Å²) in [5.41, 5.74) is 1.53. The van der Waals surface area contributed by atoms with Crippen molar-refractivity contribution < 1.29 is 14.6 Å². The minimum Gasteiger partial charge on any atom is -0.503 e. The van der Waals surface area contributed by atoms with Crippen molar-refractivity contribution in [3.8, 4) is 11.5 Å². The molecular formula is C18H14Br2N2O3S. The average Bonchev–Trinajstić information content (AvgIpc) is 3.06. The molecule has 0 aliphatic heterocycles. The van der Waals surface area contributed by atoms with Gasteiger partial charge < -0.3 is 9.84 Å². The summed E-state index contributed by atoms with van der Waals surface area (Å²) in [5, 5.41) is 13.1. The highest BCUT2D eigenvalue weighted by Gasteiger charge is 2.15. The molecule has 0 unspecified atom stereocenters. The molecule has 0 spiro atoms. The Morgan fingerprint density at radius 3 is 2.69 bits per heavy atom. The molecule has 0 saturated carbocycles. The van der Waals surface area contributed by atoms with Crippen molar-refractivity contribution in [2.75, 3.05) is 12.4 Å². The zero-order valence-electron chi connectivity index (χ0n) is 13.6. The van der Waals surface area contributed by atoms with Crippen molar-refractivity contribution in [2.24, 2.45) is 0 Å². The van der Waals surface area contributed by atoms with Gasteiger partial charge >= 0.3 is 0 Å². The molecule has 1 amide bonds. The number of methoxy groups -OCH3 is 1. The summed E-state index contributed by atoms with van der Waals surface area (Å²) in [6, 6.07) is 11.1. The second-order valence-electron chi connectivity index (χ2n) is 5.40. The van der Waals surface area contributed by atoms with Gasteiger partial charge in [-0.2, -0.15) is 0 Å². The molecule has 0 radical (unpaired) electrons. The Balaban J connectivity index is 1.71. The summed E-state index contributed by atoms with van der Waals surface area (Å²) >= 11 is 8.06. The first-order valence-electron chi connectivity index (χ1n) is 7.53. The number of aromatic hydroxyl groups is 1. The van der Waals surface area contributed by atoms with Crippen LogP contribution in [0, 0.1) is 0 Å². The lowest BCUT2D eigenvalue weighted by Crippen LogP contribution is -2.11. The van der Waals surface area contributed by atoms with E-state index in [4.69, 9.17) is 4.74 Å². The van der Waals surface area contributed by atoms with E-state index in [1.165, 1.54) is 36.1 Å². The Morgan fingerprint density at radius 2 is 2.00 bits per heavy atom. The average molecular weight is 498 g/mol. The van der Waals surface area contributed by atoms with Crippen LogP contribution in [0.4, 0.5) is 5.13 Å². The monoisotopic (exact) mass is 496 g/mol. The van der Waals surface area contributed by atoms with Gasteiger partial charge in [0, 0.05) is 27.5 Å². The Labute approximate surface area is 171 Å². The lowest BCUT2D eigenvalue weighted by atomic mass is 10.1. The molecule has 3 rings (SSSR count). The molecule has 0 aliphatic carbocycles. The van der Waals surface area contributed by atoms with Gasteiger partial charge in [0.25, 0.3) is 5.91 Å². The van der Waals surface area contributed by atoms with Gasteiger partial charge in [0.05, 0.1) is 11.6 Å². The van der Waals surface area contributed by atoms with Gasteiger partial charge in [-0.3, -0.25) is 10.1 Å². The van der Waals surface area contributed by atoms with Crippen LogP contribution < -0.4 is 10.1 Å². The summed E-state index contributed by atoms with van der Waals surface area (Å²) in [6.45, 7) is 0. The third-order valence-corrected chi connectivity index (χ3v) is 5.62. The first-order valence-corrected chi connectivity index (χ1v) is 9.93. The van der Waals surface area contributed by atoms with Crippen molar-refractivity contribution in [1.82, 2.24) is 4.98 Å². The molecule has 2 N–H and O–H groups in total. The summed E-state index contributed by atoms with van der Waals surface area (Å²) in [4.78, 5) is 17.8. The van der Waals surface area contributed by atoms with E-state index in [1.807, 2.05) is 24.3 Å². The van der Waals surface area contributed by atoms with Crippen LogP contribution in [0.15, 0.2) is 51.5 Å². The molecule has 0 saturated heterocycles. The molecule has 8 heteroatoms. The van der Waals surface area contributed by atoms with Gasteiger partial charge in [0.1, 0.15) is 0 Å². The topological polar surface area (TPSA) is 71.5 Å². The lowest BCUT2D eigenvalue weighted by molar-refractivity contribution is 0.102. The van der Waals surface area contributed by atoms with Crippen molar-refractivity contribution in [3.05, 3.63) is 67.5 Å². The number of rotatable bonds is 5. The number of halogens is 2. The molecule has 0 aliphatic rings. The highest BCUT2D eigenvalue weighted by molar-refractivity contribution is 9.10. The van der Waals surface area contributed by atoms with Crippen LogP contribution in [0.1, 0.15) is 20.8 Å². The number of amides is 1. The fraction of sp³-hybridized carbons (Fsp3) is 0.111. The normalized spacial score (nSPS) is 10.6. The number of nitrogens with one attached hydrogen (secondary N) is 1. The number of thiazole rings is 1. The maximum atomic E-state index is 12.4. The van der Waals surface area contributed by atoms with E-state index in [-0.39, 0.29) is 17.4 Å². The molecule has 1 aromatic heterocycles. The third-order valence-electron chi connectivity index (χ3n) is 3.58. The zero-order valence-corrected chi connectivity index (χ0v) is 17.6. The molecule has 3 aromatic rings. The van der Waals surface area contributed by atoms with Gasteiger partial charge in [-0.05, 0) is 45.8 Å². The highest BCUT2D eigenvalue weighted by atomic mass is 79.9. The number of phenols is 1. The van der Waals surface area contributed by atoms with Gasteiger partial charge in [-0.15, -0.1) is 11.3 Å². The first kappa shape index (κ1) is 18.9. The minimum absolute atomic E-state index is 0.0462. The highest BCUT2D eigenvalue weighted by Crippen LogP contribution is 2.35. The molecule has 134 valence electrons. The van der Waals surface area contributed by atoms with Gasteiger partial charge in [0.2, 0.25) is 0 Å². The van der Waals surface area contributed by atoms with E-state index in [0.29, 0.717) is 15.2 Å². The Hall–Kier alpha value is -1.90. The van der Waals surface area contributed by atoms with Crippen LogP contribution in [0.2, 0.25) is 0 Å². The van der Waals surface area contributed by atoms with Crippen LogP contribution >= 0.6 is 43.2 Å². The Morgan fingerprint density at radius 1 is 1.27 bits per heavy atom. The van der Waals surface area contributed by atoms with E-state index >= 15 is 0 Å². The number of hydrogen-bond donors (Lipinski definition) is 2. The molecule has 5 nitrogen and oxygen atoms in total. The molecule has 2 aromatic carbocycles. The maximum Gasteiger partial charge on any atom is 0.257 e. The number of benzene rings is 2.